The molecule has 2 aliphatic heterocycles. The Morgan fingerprint density at radius 3 is 2.07 bits per heavy atom. The Kier molecular flexibility index (Phi) is 10.9. The Morgan fingerprint density at radius 1 is 0.911 bits per heavy atom. The molecule has 2 fully saturated rings. The van der Waals surface area contributed by atoms with Crippen molar-refractivity contribution in [2.24, 2.45) is 11.8 Å². The molecule has 0 spiro atoms. The highest BCUT2D eigenvalue weighted by Crippen LogP contribution is 2.32. The van der Waals surface area contributed by atoms with Crippen LogP contribution in [-0.4, -0.2) is 91.4 Å². The standard InChI is InChI=1S/C33H44N4O8/c1-20(2)6-5-15-34-30(40)26(17-22-7-11-24(38)12-8-22)35-19-29-36(27(31(35)41)18-23-9-13-25(39)14-10-23)32(42)28(16-21(3)4)45-37(29)33(43)44/h7-14,20-21,26-29,38-39H,5-6,15-19H2,1-4H3,(H,34,40)(H,43,44)/t26?,27-,28+,29?/m0/s1. The summed E-state index contributed by atoms with van der Waals surface area (Å²) in [7, 11) is 0. The molecule has 244 valence electrons. The van der Waals surface area contributed by atoms with Gasteiger partial charge in [-0.05, 0) is 66.5 Å². The summed E-state index contributed by atoms with van der Waals surface area (Å²) in [5.74, 6) is -0.839. The summed E-state index contributed by atoms with van der Waals surface area (Å²) in [6, 6.07) is 10.4. The van der Waals surface area contributed by atoms with Crippen LogP contribution in [0.15, 0.2) is 48.5 Å². The van der Waals surface area contributed by atoms with Crippen LogP contribution in [0.25, 0.3) is 0 Å². The molecule has 2 saturated heterocycles. The number of benzene rings is 2. The van der Waals surface area contributed by atoms with Gasteiger partial charge in [0, 0.05) is 19.4 Å². The minimum absolute atomic E-state index is 0.00719. The summed E-state index contributed by atoms with van der Waals surface area (Å²) in [5, 5.41) is 33.5. The van der Waals surface area contributed by atoms with Crippen molar-refractivity contribution in [3.63, 3.8) is 0 Å². The van der Waals surface area contributed by atoms with Gasteiger partial charge in [-0.2, -0.15) is 5.06 Å². The second-order valence-corrected chi connectivity index (χ2v) is 12.6. The highest BCUT2D eigenvalue weighted by atomic mass is 16.7. The molecule has 45 heavy (non-hydrogen) atoms. The number of hydrogen-bond donors (Lipinski definition) is 4. The largest absolute Gasteiger partial charge is 0.508 e. The quantitative estimate of drug-likeness (QED) is 0.261. The highest BCUT2D eigenvalue weighted by molar-refractivity contribution is 5.95. The number of hydrogen-bond acceptors (Lipinski definition) is 7. The van der Waals surface area contributed by atoms with Gasteiger partial charge in [0.2, 0.25) is 11.8 Å². The van der Waals surface area contributed by atoms with Gasteiger partial charge in [0.05, 0.1) is 6.54 Å². The van der Waals surface area contributed by atoms with Crippen LogP contribution in [0, 0.1) is 11.8 Å². The van der Waals surface area contributed by atoms with Crippen LogP contribution in [-0.2, 0) is 32.1 Å². The van der Waals surface area contributed by atoms with Crippen molar-refractivity contribution in [3.8, 4) is 11.5 Å². The molecule has 2 aromatic rings. The molecule has 0 aliphatic carbocycles. The van der Waals surface area contributed by atoms with Crippen molar-refractivity contribution in [2.75, 3.05) is 13.1 Å². The van der Waals surface area contributed by atoms with Crippen LogP contribution in [0.5, 0.6) is 11.5 Å². The number of fused-ring (bicyclic) bond motifs is 1. The van der Waals surface area contributed by atoms with Crippen LogP contribution in [0.1, 0.15) is 58.1 Å². The van der Waals surface area contributed by atoms with Crippen LogP contribution < -0.4 is 5.32 Å². The van der Waals surface area contributed by atoms with E-state index < -0.39 is 48.2 Å². The third kappa shape index (κ3) is 8.24. The Balaban J connectivity index is 1.74. The second-order valence-electron chi connectivity index (χ2n) is 12.6. The molecule has 0 bridgehead atoms. The predicted molar refractivity (Wildman–Crippen MR) is 165 cm³/mol. The van der Waals surface area contributed by atoms with Crippen LogP contribution in [0.2, 0.25) is 0 Å². The SMILES string of the molecule is CC(C)CCCNC(=O)C(Cc1ccc(O)cc1)N1CC2N(C(=O)O)O[C@H](CC(C)C)C(=O)N2[C@@H](Cc2ccc(O)cc2)C1=O. The van der Waals surface area contributed by atoms with E-state index in [1.807, 2.05) is 13.8 Å². The number of hydroxylamine groups is 2. The van der Waals surface area contributed by atoms with Gasteiger partial charge in [-0.25, -0.2) is 4.79 Å². The number of rotatable bonds is 12. The zero-order valence-electron chi connectivity index (χ0n) is 26.3. The summed E-state index contributed by atoms with van der Waals surface area (Å²) in [6.07, 6.45) is -1.70. The van der Waals surface area contributed by atoms with Gasteiger partial charge in [0.25, 0.3) is 5.91 Å². The summed E-state index contributed by atoms with van der Waals surface area (Å²) in [4.78, 5) is 63.1. The maximum Gasteiger partial charge on any atom is 0.433 e. The average Bonchev–Trinajstić information content (AvgIpc) is 2.98. The van der Waals surface area contributed by atoms with Gasteiger partial charge >= 0.3 is 6.09 Å². The fourth-order valence-corrected chi connectivity index (χ4v) is 5.88. The number of nitrogens with one attached hydrogen (secondary N) is 1. The van der Waals surface area contributed by atoms with Crippen molar-refractivity contribution < 1.29 is 39.3 Å². The smallest absolute Gasteiger partial charge is 0.433 e. The number of carboxylic acid groups (broad SMARTS) is 1. The van der Waals surface area contributed by atoms with Gasteiger partial charge in [-0.15, -0.1) is 0 Å². The van der Waals surface area contributed by atoms with Gasteiger partial charge in [0.1, 0.15) is 23.6 Å². The molecule has 2 aromatic carbocycles. The van der Waals surface area contributed by atoms with Gasteiger partial charge in [-0.1, -0.05) is 52.0 Å². The summed E-state index contributed by atoms with van der Waals surface area (Å²) in [6.45, 7) is 8.08. The molecule has 4 rings (SSSR count). The molecule has 0 saturated carbocycles. The zero-order valence-corrected chi connectivity index (χ0v) is 26.3. The molecule has 12 heteroatoms. The molecule has 2 unspecified atom stereocenters. The highest BCUT2D eigenvalue weighted by Gasteiger charge is 2.54. The van der Waals surface area contributed by atoms with Crippen LogP contribution in [0.3, 0.4) is 0 Å². The zero-order chi connectivity index (χ0) is 32.8. The first-order valence-corrected chi connectivity index (χ1v) is 15.5. The Labute approximate surface area is 263 Å². The van der Waals surface area contributed by atoms with Crippen molar-refractivity contribution in [3.05, 3.63) is 59.7 Å². The maximum absolute atomic E-state index is 14.5. The lowest BCUT2D eigenvalue weighted by Crippen LogP contribution is -2.75. The Morgan fingerprint density at radius 2 is 1.51 bits per heavy atom. The predicted octanol–water partition coefficient (Wildman–Crippen LogP) is 3.51. The van der Waals surface area contributed by atoms with E-state index in [9.17, 15) is 34.5 Å². The molecular formula is C33H44N4O8. The van der Waals surface area contributed by atoms with E-state index in [1.165, 1.54) is 34.1 Å². The number of aromatic hydroxyl groups is 2. The molecule has 2 aliphatic rings. The number of carbonyl (C=O) groups is 4. The van der Waals surface area contributed by atoms with E-state index in [-0.39, 0.29) is 43.2 Å². The number of amides is 4. The van der Waals surface area contributed by atoms with Crippen LogP contribution in [0.4, 0.5) is 4.79 Å². The summed E-state index contributed by atoms with van der Waals surface area (Å²) < 4.78 is 0. The molecular weight excluding hydrogens is 580 g/mol. The number of nitrogens with zero attached hydrogens (tertiary/aromatic N) is 3. The molecule has 4 atom stereocenters. The first-order valence-electron chi connectivity index (χ1n) is 15.5. The first-order chi connectivity index (χ1) is 21.3. The molecule has 2 heterocycles. The minimum Gasteiger partial charge on any atom is -0.508 e. The van der Waals surface area contributed by atoms with E-state index in [2.05, 4.69) is 19.2 Å². The Hall–Kier alpha value is -4.32. The molecule has 12 nitrogen and oxygen atoms in total. The van der Waals surface area contributed by atoms with Gasteiger partial charge in [0.15, 0.2) is 12.3 Å². The van der Waals surface area contributed by atoms with Crippen molar-refractivity contribution >= 4 is 23.8 Å². The number of carbonyl (C=O) groups excluding carboxylic acids is 3. The van der Waals surface area contributed by atoms with Gasteiger partial charge < -0.3 is 30.4 Å². The molecule has 0 radical (unpaired) electrons. The summed E-state index contributed by atoms with van der Waals surface area (Å²) in [5.41, 5.74) is 1.32. The first kappa shape index (κ1) is 33.6. The lowest BCUT2D eigenvalue weighted by molar-refractivity contribution is -0.267. The molecule has 4 amide bonds. The third-order valence-electron chi connectivity index (χ3n) is 8.17. The number of phenolic OH excluding ortho intramolecular Hbond substituents is 2. The maximum atomic E-state index is 14.5. The lowest BCUT2D eigenvalue weighted by atomic mass is 9.94. The Bertz CT molecular complexity index is 1350. The van der Waals surface area contributed by atoms with E-state index in [4.69, 9.17) is 4.84 Å². The van der Waals surface area contributed by atoms with Crippen LogP contribution >= 0.6 is 0 Å². The number of phenols is 2. The van der Waals surface area contributed by atoms with Crippen molar-refractivity contribution in [1.82, 2.24) is 20.2 Å². The van der Waals surface area contributed by atoms with Gasteiger partial charge in [-0.3, -0.25) is 19.2 Å². The average molecular weight is 625 g/mol. The van der Waals surface area contributed by atoms with Crippen molar-refractivity contribution in [1.29, 1.82) is 0 Å². The summed E-state index contributed by atoms with van der Waals surface area (Å²) >= 11 is 0. The lowest BCUT2D eigenvalue weighted by Gasteiger charge is -2.53. The van der Waals surface area contributed by atoms with E-state index in [0.29, 0.717) is 23.6 Å². The minimum atomic E-state index is -1.42. The van der Waals surface area contributed by atoms with E-state index >= 15 is 0 Å². The fourth-order valence-electron chi connectivity index (χ4n) is 5.88. The van der Waals surface area contributed by atoms with Crippen molar-refractivity contribution in [2.45, 2.75) is 84.2 Å². The fraction of sp³-hybridized carbons (Fsp3) is 0.515. The third-order valence-corrected chi connectivity index (χ3v) is 8.17. The number of piperazine rings is 1. The topological polar surface area (TPSA) is 160 Å². The monoisotopic (exact) mass is 624 g/mol. The molecule has 4 N–H and O–H groups in total. The normalized spacial score (nSPS) is 20.8. The van der Waals surface area contributed by atoms with E-state index in [0.717, 1.165) is 17.9 Å². The second kappa shape index (κ2) is 14.6. The molecule has 0 aromatic heterocycles. The van der Waals surface area contributed by atoms with E-state index in [1.54, 1.807) is 24.3 Å².